The quantitative estimate of drug-likeness (QED) is 0.873. The van der Waals surface area contributed by atoms with Crippen molar-refractivity contribution in [2.45, 2.75) is 13.0 Å². The van der Waals surface area contributed by atoms with Gasteiger partial charge >= 0.3 is 5.97 Å². The number of aromatic nitrogens is 1. The largest absolute Gasteiger partial charge is 0.464 e. The Morgan fingerprint density at radius 1 is 1.47 bits per heavy atom. The lowest BCUT2D eigenvalue weighted by molar-refractivity contribution is 0.0595. The molecule has 1 heterocycles. The molecule has 0 aliphatic rings. The number of rotatable bonds is 4. The minimum Gasteiger partial charge on any atom is -0.464 e. The smallest absolute Gasteiger partial charge is 0.357 e. The minimum atomic E-state index is -0.435. The molecule has 0 aliphatic carbocycles. The van der Waals surface area contributed by atoms with Gasteiger partial charge in [-0.25, -0.2) is 9.78 Å². The van der Waals surface area contributed by atoms with E-state index >= 15 is 0 Å². The maximum absolute atomic E-state index is 11.3. The number of esters is 1. The monoisotopic (exact) mass is 296 g/mol. The third kappa shape index (κ3) is 3.24. The fraction of sp³-hybridized carbons (Fsp3) is 0.231. The van der Waals surface area contributed by atoms with Crippen LogP contribution in [0.4, 0.5) is 5.13 Å². The normalized spacial score (nSPS) is 11.9. The summed E-state index contributed by atoms with van der Waals surface area (Å²) in [6.07, 6.45) is 0. The Kier molecular flexibility index (Phi) is 4.39. The van der Waals surface area contributed by atoms with Gasteiger partial charge in [0.25, 0.3) is 0 Å². The van der Waals surface area contributed by atoms with E-state index in [0.29, 0.717) is 15.8 Å². The molecule has 0 saturated heterocycles. The van der Waals surface area contributed by atoms with Crippen molar-refractivity contribution in [3.05, 3.63) is 45.9 Å². The Labute approximate surface area is 120 Å². The van der Waals surface area contributed by atoms with E-state index in [1.54, 1.807) is 5.38 Å². The molecule has 6 heteroatoms. The first-order chi connectivity index (χ1) is 9.11. The number of hydrogen-bond acceptors (Lipinski definition) is 5. The summed E-state index contributed by atoms with van der Waals surface area (Å²) in [6.45, 7) is 1.99. The SMILES string of the molecule is COC(=O)c1csc(NC(C)c2ccccc2Cl)n1. The van der Waals surface area contributed by atoms with Crippen LogP contribution in [0.5, 0.6) is 0 Å². The molecule has 1 N–H and O–H groups in total. The van der Waals surface area contributed by atoms with Crippen molar-refractivity contribution in [1.29, 1.82) is 0 Å². The van der Waals surface area contributed by atoms with Crippen molar-refractivity contribution in [2.24, 2.45) is 0 Å². The Morgan fingerprint density at radius 3 is 2.89 bits per heavy atom. The Bertz CT molecular complexity index is 586. The molecule has 0 saturated carbocycles. The third-order valence-corrected chi connectivity index (χ3v) is 3.73. The van der Waals surface area contributed by atoms with Gasteiger partial charge in [0.2, 0.25) is 0 Å². The van der Waals surface area contributed by atoms with Crippen molar-refractivity contribution in [2.75, 3.05) is 12.4 Å². The summed E-state index contributed by atoms with van der Waals surface area (Å²) in [5, 5.41) is 6.23. The van der Waals surface area contributed by atoms with Gasteiger partial charge in [-0.1, -0.05) is 29.8 Å². The average Bonchev–Trinajstić information content (AvgIpc) is 2.86. The molecule has 0 amide bonds. The van der Waals surface area contributed by atoms with Gasteiger partial charge in [-0.15, -0.1) is 11.3 Å². The van der Waals surface area contributed by atoms with E-state index in [1.807, 2.05) is 31.2 Å². The maximum atomic E-state index is 11.3. The van der Waals surface area contributed by atoms with Gasteiger partial charge in [-0.2, -0.15) is 0 Å². The van der Waals surface area contributed by atoms with Crippen LogP contribution in [-0.4, -0.2) is 18.1 Å². The number of nitrogens with zero attached hydrogens (tertiary/aromatic N) is 1. The summed E-state index contributed by atoms with van der Waals surface area (Å²) in [5.74, 6) is -0.435. The van der Waals surface area contributed by atoms with Gasteiger partial charge in [0.05, 0.1) is 13.2 Å². The van der Waals surface area contributed by atoms with Crippen LogP contribution in [0.1, 0.15) is 29.0 Å². The molecule has 1 aromatic carbocycles. The summed E-state index contributed by atoms with van der Waals surface area (Å²) in [6, 6.07) is 7.62. The van der Waals surface area contributed by atoms with Crippen LogP contribution in [-0.2, 0) is 4.74 Å². The summed E-state index contributed by atoms with van der Waals surface area (Å²) >= 11 is 7.49. The predicted octanol–water partition coefficient (Wildman–Crippen LogP) is 3.76. The molecule has 0 radical (unpaired) electrons. The van der Waals surface area contributed by atoms with E-state index in [0.717, 1.165) is 5.56 Å². The van der Waals surface area contributed by atoms with Gasteiger partial charge in [0.1, 0.15) is 0 Å². The number of carbonyl (C=O) groups excluding carboxylic acids is 1. The van der Waals surface area contributed by atoms with Crippen LogP contribution in [0.3, 0.4) is 0 Å². The molecule has 2 aromatic rings. The third-order valence-electron chi connectivity index (χ3n) is 2.61. The van der Waals surface area contributed by atoms with Gasteiger partial charge in [0.15, 0.2) is 10.8 Å². The molecule has 0 bridgehead atoms. The molecule has 0 aliphatic heterocycles. The van der Waals surface area contributed by atoms with Gasteiger partial charge < -0.3 is 10.1 Å². The zero-order chi connectivity index (χ0) is 13.8. The molecule has 0 fully saturated rings. The number of carbonyl (C=O) groups is 1. The second-order valence-electron chi connectivity index (χ2n) is 3.92. The van der Waals surface area contributed by atoms with E-state index in [9.17, 15) is 4.79 Å². The van der Waals surface area contributed by atoms with Gasteiger partial charge in [-0.3, -0.25) is 0 Å². The molecule has 1 atom stereocenters. The summed E-state index contributed by atoms with van der Waals surface area (Å²) in [7, 11) is 1.33. The number of methoxy groups -OCH3 is 1. The van der Waals surface area contributed by atoms with Crippen LogP contribution < -0.4 is 5.32 Å². The lowest BCUT2D eigenvalue weighted by Gasteiger charge is -2.14. The second-order valence-corrected chi connectivity index (χ2v) is 5.18. The van der Waals surface area contributed by atoms with Crippen molar-refractivity contribution < 1.29 is 9.53 Å². The Hall–Kier alpha value is -1.59. The fourth-order valence-electron chi connectivity index (χ4n) is 1.63. The molecule has 19 heavy (non-hydrogen) atoms. The summed E-state index contributed by atoms with van der Waals surface area (Å²) in [4.78, 5) is 15.5. The first kappa shape index (κ1) is 13.8. The zero-order valence-corrected chi connectivity index (χ0v) is 12.1. The Balaban J connectivity index is 2.11. The lowest BCUT2D eigenvalue weighted by atomic mass is 10.1. The zero-order valence-electron chi connectivity index (χ0n) is 10.5. The Morgan fingerprint density at radius 2 is 2.21 bits per heavy atom. The van der Waals surface area contributed by atoms with Crippen LogP contribution in [0.2, 0.25) is 5.02 Å². The average molecular weight is 297 g/mol. The summed E-state index contributed by atoms with van der Waals surface area (Å²) < 4.78 is 4.61. The number of hydrogen-bond donors (Lipinski definition) is 1. The van der Waals surface area contributed by atoms with Crippen LogP contribution >= 0.6 is 22.9 Å². The molecular formula is C13H13ClN2O2S. The molecule has 2 rings (SSSR count). The minimum absolute atomic E-state index is 0.00495. The van der Waals surface area contributed by atoms with Crippen LogP contribution in [0, 0.1) is 0 Å². The fourth-order valence-corrected chi connectivity index (χ4v) is 2.70. The predicted molar refractivity (Wildman–Crippen MR) is 76.9 cm³/mol. The van der Waals surface area contributed by atoms with E-state index in [1.165, 1.54) is 18.4 Å². The number of nitrogens with one attached hydrogen (secondary N) is 1. The second kappa shape index (κ2) is 6.04. The first-order valence-electron chi connectivity index (χ1n) is 5.66. The maximum Gasteiger partial charge on any atom is 0.357 e. The summed E-state index contributed by atoms with van der Waals surface area (Å²) in [5.41, 5.74) is 1.29. The van der Waals surface area contributed by atoms with Crippen molar-refractivity contribution in [3.8, 4) is 0 Å². The molecule has 4 nitrogen and oxygen atoms in total. The molecule has 1 aromatic heterocycles. The highest BCUT2D eigenvalue weighted by Gasteiger charge is 2.14. The van der Waals surface area contributed by atoms with Gasteiger partial charge in [-0.05, 0) is 18.6 Å². The van der Waals surface area contributed by atoms with Crippen molar-refractivity contribution in [1.82, 2.24) is 4.98 Å². The first-order valence-corrected chi connectivity index (χ1v) is 6.92. The van der Waals surface area contributed by atoms with E-state index < -0.39 is 5.97 Å². The van der Waals surface area contributed by atoms with E-state index in [4.69, 9.17) is 11.6 Å². The molecular weight excluding hydrogens is 284 g/mol. The van der Waals surface area contributed by atoms with E-state index in [-0.39, 0.29) is 6.04 Å². The van der Waals surface area contributed by atoms with E-state index in [2.05, 4.69) is 15.0 Å². The number of anilines is 1. The van der Waals surface area contributed by atoms with Crippen LogP contribution in [0.15, 0.2) is 29.6 Å². The van der Waals surface area contributed by atoms with Crippen molar-refractivity contribution in [3.63, 3.8) is 0 Å². The standard InChI is InChI=1S/C13H13ClN2O2S/c1-8(9-5-3-4-6-10(9)14)15-13-16-11(7-19-13)12(17)18-2/h3-8H,1-2H3,(H,15,16). The highest BCUT2D eigenvalue weighted by molar-refractivity contribution is 7.13. The van der Waals surface area contributed by atoms with Gasteiger partial charge in [0, 0.05) is 10.4 Å². The topological polar surface area (TPSA) is 51.2 Å². The van der Waals surface area contributed by atoms with Crippen molar-refractivity contribution >= 4 is 34.0 Å². The number of halogens is 1. The number of benzene rings is 1. The lowest BCUT2D eigenvalue weighted by Crippen LogP contribution is -2.08. The molecule has 1 unspecified atom stereocenters. The number of thiazole rings is 1. The highest BCUT2D eigenvalue weighted by atomic mass is 35.5. The van der Waals surface area contributed by atoms with Crippen LogP contribution in [0.25, 0.3) is 0 Å². The molecule has 100 valence electrons. The number of ether oxygens (including phenoxy) is 1. The molecule has 0 spiro atoms. The highest BCUT2D eigenvalue weighted by Crippen LogP contribution is 2.27.